The summed E-state index contributed by atoms with van der Waals surface area (Å²) in [6.45, 7) is -0.104. The minimum absolute atomic E-state index is 0.0350. The Morgan fingerprint density at radius 1 is 0.919 bits per heavy atom. The van der Waals surface area contributed by atoms with Crippen LogP contribution in [-0.2, 0) is 44.2 Å². The lowest BCUT2D eigenvalue weighted by molar-refractivity contribution is -0.120. The van der Waals surface area contributed by atoms with E-state index >= 15 is 0 Å². The zero-order valence-electron chi connectivity index (χ0n) is 20.2. The molecule has 0 bridgehead atoms. The number of hydrogen-bond donors (Lipinski definition) is 1. The molecule has 9 heteroatoms. The fourth-order valence-corrected chi connectivity index (χ4v) is 4.27. The number of methoxy groups -OCH3 is 1. The molecule has 9 nitrogen and oxygen atoms in total. The number of rotatable bonds is 7. The van der Waals surface area contributed by atoms with Crippen LogP contribution in [0.3, 0.4) is 0 Å². The van der Waals surface area contributed by atoms with Crippen LogP contribution >= 0.6 is 0 Å². The highest BCUT2D eigenvalue weighted by atomic mass is 16.6. The van der Waals surface area contributed by atoms with Crippen LogP contribution in [0.1, 0.15) is 39.0 Å². The second-order valence-corrected chi connectivity index (χ2v) is 8.45. The van der Waals surface area contributed by atoms with Crippen LogP contribution in [0.4, 0.5) is 9.59 Å². The largest absolute Gasteiger partial charge is 0.465 e. The van der Waals surface area contributed by atoms with Crippen molar-refractivity contribution in [2.45, 2.75) is 31.6 Å². The van der Waals surface area contributed by atoms with Crippen molar-refractivity contribution in [2.24, 2.45) is 0 Å². The number of amides is 2. The van der Waals surface area contributed by atoms with Crippen LogP contribution in [0.5, 0.6) is 0 Å². The summed E-state index contributed by atoms with van der Waals surface area (Å²) in [5.74, 6) is -0.520. The Morgan fingerprint density at radius 2 is 1.54 bits per heavy atom. The number of benzene rings is 3. The van der Waals surface area contributed by atoms with E-state index in [0.29, 0.717) is 29.4 Å². The first-order valence-electron chi connectivity index (χ1n) is 11.6. The molecule has 0 radical (unpaired) electrons. The summed E-state index contributed by atoms with van der Waals surface area (Å²) in [6.07, 6.45) is -0.727. The molecule has 0 fully saturated rings. The van der Waals surface area contributed by atoms with Crippen molar-refractivity contribution < 1.29 is 33.4 Å². The van der Waals surface area contributed by atoms with Crippen molar-refractivity contribution in [3.05, 3.63) is 107 Å². The van der Waals surface area contributed by atoms with Gasteiger partial charge in [0.15, 0.2) is 6.29 Å². The molecular weight excluding hydrogens is 476 g/mol. The topological polar surface area (TPSA) is 111 Å². The smallest absolute Gasteiger partial charge is 0.430 e. The third kappa shape index (κ3) is 5.61. The summed E-state index contributed by atoms with van der Waals surface area (Å²) in [5, 5.41) is 0.875. The van der Waals surface area contributed by atoms with E-state index in [1.165, 1.54) is 13.2 Å². The lowest BCUT2D eigenvalue weighted by atomic mass is 9.92. The number of hydrazine groups is 1. The van der Waals surface area contributed by atoms with E-state index in [2.05, 4.69) is 5.43 Å². The van der Waals surface area contributed by atoms with Gasteiger partial charge in [-0.3, -0.25) is 0 Å². The Morgan fingerprint density at radius 3 is 2.14 bits per heavy atom. The monoisotopic (exact) mass is 502 g/mol. The van der Waals surface area contributed by atoms with Crippen LogP contribution < -0.4 is 5.43 Å². The van der Waals surface area contributed by atoms with Crippen molar-refractivity contribution >= 4 is 24.4 Å². The number of esters is 1. The van der Waals surface area contributed by atoms with Crippen molar-refractivity contribution in [2.75, 3.05) is 7.11 Å². The molecule has 4 rings (SSSR count). The number of nitrogens with one attached hydrogen (secondary N) is 1. The van der Waals surface area contributed by atoms with E-state index in [1.54, 1.807) is 48.5 Å². The SMILES string of the molecule is COC(=O)c1ccc2c(c1)CC[C@]2(C=O)N(NC(=O)OCc1ccccc1)C(=O)OCc1ccccc1. The summed E-state index contributed by atoms with van der Waals surface area (Å²) in [5.41, 5.74) is 3.80. The second kappa shape index (κ2) is 11.4. The summed E-state index contributed by atoms with van der Waals surface area (Å²) in [4.78, 5) is 50.7. The summed E-state index contributed by atoms with van der Waals surface area (Å²) < 4.78 is 15.6. The molecule has 0 aromatic heterocycles. The zero-order chi connectivity index (χ0) is 26.3. The van der Waals surface area contributed by atoms with E-state index in [-0.39, 0.29) is 19.6 Å². The molecule has 0 heterocycles. The average molecular weight is 503 g/mol. The lowest BCUT2D eigenvalue weighted by Crippen LogP contribution is -2.58. The van der Waals surface area contributed by atoms with Gasteiger partial charge in [0.25, 0.3) is 0 Å². The Balaban J connectivity index is 1.60. The highest BCUT2D eigenvalue weighted by molar-refractivity contribution is 5.90. The molecule has 1 N–H and O–H groups in total. The molecule has 1 atom stereocenters. The molecule has 1 aliphatic rings. The first-order chi connectivity index (χ1) is 18.0. The van der Waals surface area contributed by atoms with Gasteiger partial charge in [-0.25, -0.2) is 19.8 Å². The summed E-state index contributed by atoms with van der Waals surface area (Å²) in [6, 6.07) is 22.8. The van der Waals surface area contributed by atoms with Crippen molar-refractivity contribution in [3.8, 4) is 0 Å². The Kier molecular flexibility index (Phi) is 7.83. The molecule has 2 amide bonds. The number of fused-ring (bicyclic) bond motifs is 1. The molecule has 0 saturated carbocycles. The molecule has 0 saturated heterocycles. The zero-order valence-corrected chi connectivity index (χ0v) is 20.2. The van der Waals surface area contributed by atoms with Gasteiger partial charge in [0.1, 0.15) is 18.8 Å². The molecule has 37 heavy (non-hydrogen) atoms. The molecule has 0 unspecified atom stereocenters. The molecule has 3 aromatic carbocycles. The maximum Gasteiger partial charge on any atom is 0.430 e. The standard InChI is InChI=1S/C28H26N2O7/c1-35-25(32)23-12-13-24-22(16-23)14-15-28(24,19-31)30(27(34)37-18-21-10-6-3-7-11-21)29-26(33)36-17-20-8-4-2-5-9-20/h2-13,16,19H,14-15,17-18H2,1H3,(H,29,33)/t28-/m1/s1. The van der Waals surface area contributed by atoms with Gasteiger partial charge in [-0.2, -0.15) is 5.01 Å². The molecule has 0 spiro atoms. The predicted molar refractivity (Wildman–Crippen MR) is 132 cm³/mol. The van der Waals surface area contributed by atoms with Gasteiger partial charge in [-0.1, -0.05) is 66.7 Å². The number of carbonyl (C=O) groups excluding carboxylic acids is 4. The highest BCUT2D eigenvalue weighted by Crippen LogP contribution is 2.40. The van der Waals surface area contributed by atoms with Crippen LogP contribution in [0.15, 0.2) is 78.9 Å². The lowest BCUT2D eigenvalue weighted by Gasteiger charge is -2.36. The van der Waals surface area contributed by atoms with Gasteiger partial charge in [-0.15, -0.1) is 0 Å². The Hall–Kier alpha value is -4.66. The number of ether oxygens (including phenoxy) is 3. The van der Waals surface area contributed by atoms with Gasteiger partial charge < -0.3 is 19.0 Å². The third-order valence-corrected chi connectivity index (χ3v) is 6.17. The van der Waals surface area contributed by atoms with Gasteiger partial charge in [0.2, 0.25) is 0 Å². The second-order valence-electron chi connectivity index (χ2n) is 8.45. The fraction of sp³-hybridized carbons (Fsp3) is 0.214. The van der Waals surface area contributed by atoms with Gasteiger partial charge in [-0.05, 0) is 47.2 Å². The molecule has 1 aliphatic carbocycles. The van der Waals surface area contributed by atoms with E-state index in [4.69, 9.17) is 14.2 Å². The summed E-state index contributed by atoms with van der Waals surface area (Å²) >= 11 is 0. The minimum Gasteiger partial charge on any atom is -0.465 e. The van der Waals surface area contributed by atoms with E-state index < -0.39 is 23.7 Å². The van der Waals surface area contributed by atoms with Gasteiger partial charge in [0.05, 0.1) is 12.7 Å². The number of aryl methyl sites for hydroxylation is 1. The number of aldehydes is 1. The molecule has 3 aromatic rings. The van der Waals surface area contributed by atoms with Crippen LogP contribution in [0.25, 0.3) is 0 Å². The number of nitrogens with zero attached hydrogens (tertiary/aromatic N) is 1. The van der Waals surface area contributed by atoms with E-state index in [9.17, 15) is 19.2 Å². The van der Waals surface area contributed by atoms with Crippen molar-refractivity contribution in [3.63, 3.8) is 0 Å². The van der Waals surface area contributed by atoms with Crippen molar-refractivity contribution in [1.29, 1.82) is 0 Å². The first-order valence-corrected chi connectivity index (χ1v) is 11.6. The number of hydrogen-bond acceptors (Lipinski definition) is 7. The predicted octanol–water partition coefficient (Wildman–Crippen LogP) is 4.29. The van der Waals surface area contributed by atoms with Crippen LogP contribution in [0, 0.1) is 0 Å². The minimum atomic E-state index is -1.57. The maximum atomic E-state index is 13.3. The average Bonchev–Trinajstić information content (AvgIpc) is 3.33. The Labute approximate surface area is 213 Å². The van der Waals surface area contributed by atoms with Crippen molar-refractivity contribution in [1.82, 2.24) is 10.4 Å². The molecular formula is C28H26N2O7. The molecule has 0 aliphatic heterocycles. The fourth-order valence-electron chi connectivity index (χ4n) is 4.27. The quantitative estimate of drug-likeness (QED) is 0.222. The van der Waals surface area contributed by atoms with Crippen LogP contribution in [-0.4, -0.2) is 36.6 Å². The number of carbonyl (C=O) groups is 4. The van der Waals surface area contributed by atoms with Gasteiger partial charge in [0, 0.05) is 0 Å². The first kappa shape index (κ1) is 25.4. The third-order valence-electron chi connectivity index (χ3n) is 6.17. The van der Waals surface area contributed by atoms with E-state index in [0.717, 1.165) is 16.1 Å². The normalized spacial score (nSPS) is 15.7. The van der Waals surface area contributed by atoms with E-state index in [1.807, 2.05) is 24.3 Å². The van der Waals surface area contributed by atoms with Gasteiger partial charge >= 0.3 is 18.2 Å². The molecule has 190 valence electrons. The van der Waals surface area contributed by atoms with Crippen LogP contribution in [0.2, 0.25) is 0 Å². The summed E-state index contributed by atoms with van der Waals surface area (Å²) in [7, 11) is 1.28. The maximum absolute atomic E-state index is 13.3. The Bertz CT molecular complexity index is 1280. The highest BCUT2D eigenvalue weighted by Gasteiger charge is 2.48.